The Bertz CT molecular complexity index is 1380. The van der Waals surface area contributed by atoms with Gasteiger partial charge in [-0.15, -0.1) is 5.06 Å². The van der Waals surface area contributed by atoms with Gasteiger partial charge in [0.15, 0.2) is 17.2 Å². The lowest BCUT2D eigenvalue weighted by molar-refractivity contribution is -0.193. The van der Waals surface area contributed by atoms with E-state index in [0.29, 0.717) is 0 Å². The zero-order valence-electron chi connectivity index (χ0n) is 20.2. The van der Waals surface area contributed by atoms with Crippen LogP contribution < -0.4 is 10.1 Å². The molecule has 1 aromatic heterocycles. The van der Waals surface area contributed by atoms with Crippen LogP contribution in [0, 0.1) is 0 Å². The summed E-state index contributed by atoms with van der Waals surface area (Å²) in [4.78, 5) is 35.1. The maximum absolute atomic E-state index is 12.9. The lowest BCUT2D eigenvalue weighted by Crippen LogP contribution is -2.42. The van der Waals surface area contributed by atoms with Gasteiger partial charge in [0, 0.05) is 19.3 Å². The van der Waals surface area contributed by atoms with Crippen LogP contribution in [0.2, 0.25) is 0 Å². The average Bonchev–Trinajstić information content (AvgIpc) is 2.89. The van der Waals surface area contributed by atoms with Crippen molar-refractivity contribution in [3.05, 3.63) is 102 Å². The predicted octanol–water partition coefficient (Wildman–Crippen LogP) is 4.25. The Hall–Kier alpha value is -4.43. The fourth-order valence-corrected chi connectivity index (χ4v) is 3.99. The highest BCUT2D eigenvalue weighted by atomic mass is 16.7. The molecule has 2 N–H and O–H groups in total. The first kappa shape index (κ1) is 24.7. The summed E-state index contributed by atoms with van der Waals surface area (Å²) >= 11 is 0. The molecule has 0 spiro atoms. The van der Waals surface area contributed by atoms with Gasteiger partial charge in [0.25, 0.3) is 5.91 Å². The third-order valence-electron chi connectivity index (χ3n) is 5.83. The monoisotopic (exact) mass is 485 g/mol. The fourth-order valence-electron chi connectivity index (χ4n) is 3.99. The number of carbonyl (C=O) groups is 2. The maximum Gasteiger partial charge on any atom is 0.347 e. The van der Waals surface area contributed by atoms with Gasteiger partial charge in [-0.3, -0.25) is 4.79 Å². The Labute approximate surface area is 209 Å². The number of ether oxygens (including phenoxy) is 1. The number of hydrogen-bond acceptors (Lipinski definition) is 7. The number of nitrogens with zero attached hydrogens (tertiary/aromatic N) is 2. The molecule has 184 valence electrons. The number of aromatic hydroxyl groups is 1. The first-order valence-electron chi connectivity index (χ1n) is 11.4. The molecule has 0 saturated heterocycles. The molecule has 0 aliphatic rings. The van der Waals surface area contributed by atoms with Gasteiger partial charge >= 0.3 is 5.97 Å². The second-order valence-corrected chi connectivity index (χ2v) is 8.28. The molecule has 3 aromatic carbocycles. The highest BCUT2D eigenvalue weighted by Gasteiger charge is 2.27. The Morgan fingerprint density at radius 2 is 1.64 bits per heavy atom. The Kier molecular flexibility index (Phi) is 7.46. The maximum atomic E-state index is 12.9. The number of amides is 1. The molecule has 0 saturated carbocycles. The molecule has 1 amide bonds. The van der Waals surface area contributed by atoms with Crippen molar-refractivity contribution in [2.24, 2.45) is 0 Å². The van der Waals surface area contributed by atoms with E-state index in [2.05, 4.69) is 16.4 Å². The van der Waals surface area contributed by atoms with Crippen LogP contribution in [-0.4, -0.2) is 47.2 Å². The molecule has 0 bridgehead atoms. The predicted molar refractivity (Wildman–Crippen MR) is 135 cm³/mol. The second kappa shape index (κ2) is 10.9. The van der Waals surface area contributed by atoms with Crippen molar-refractivity contribution < 1.29 is 24.3 Å². The first-order valence-corrected chi connectivity index (χ1v) is 11.4. The number of nitrogens with one attached hydrogen (secondary N) is 1. The molecule has 8 heteroatoms. The van der Waals surface area contributed by atoms with E-state index < -0.39 is 23.7 Å². The molecule has 1 heterocycles. The van der Waals surface area contributed by atoms with Crippen molar-refractivity contribution in [2.75, 3.05) is 14.2 Å². The summed E-state index contributed by atoms with van der Waals surface area (Å²) < 4.78 is 5.01. The molecule has 8 nitrogen and oxygen atoms in total. The minimum absolute atomic E-state index is 0.103. The number of hydrogen-bond donors (Lipinski definition) is 2. The molecule has 0 radical (unpaired) electrons. The van der Waals surface area contributed by atoms with Crippen molar-refractivity contribution in [1.29, 1.82) is 0 Å². The Morgan fingerprint density at radius 1 is 0.944 bits per heavy atom. The largest absolute Gasteiger partial charge is 0.503 e. The summed E-state index contributed by atoms with van der Waals surface area (Å²) in [5.74, 6) is -1.70. The van der Waals surface area contributed by atoms with Gasteiger partial charge in [0.2, 0.25) is 0 Å². The van der Waals surface area contributed by atoms with Gasteiger partial charge in [0.1, 0.15) is 6.04 Å². The number of fused-ring (bicyclic) bond motifs is 1. The second-order valence-electron chi connectivity index (χ2n) is 8.28. The molecule has 0 aliphatic heterocycles. The molecule has 1 unspecified atom stereocenters. The molecule has 4 aromatic rings. The number of benzene rings is 3. The number of methoxy groups -OCH3 is 1. The lowest BCUT2D eigenvalue weighted by Gasteiger charge is -2.28. The summed E-state index contributed by atoms with van der Waals surface area (Å²) in [5.41, 5.74) is 1.63. The van der Waals surface area contributed by atoms with E-state index in [4.69, 9.17) is 9.57 Å². The third-order valence-corrected chi connectivity index (χ3v) is 5.83. The Morgan fingerprint density at radius 3 is 2.36 bits per heavy atom. The van der Waals surface area contributed by atoms with Gasteiger partial charge in [0.05, 0.1) is 13.2 Å². The molecule has 2 atom stereocenters. The van der Waals surface area contributed by atoms with Crippen LogP contribution in [0.15, 0.2) is 85.1 Å². The van der Waals surface area contributed by atoms with Crippen LogP contribution in [0.5, 0.6) is 11.5 Å². The van der Waals surface area contributed by atoms with Crippen LogP contribution in [-0.2, 0) is 9.63 Å². The molecular formula is C28H27N3O5. The van der Waals surface area contributed by atoms with E-state index in [1.807, 2.05) is 66.7 Å². The highest BCUT2D eigenvalue weighted by Crippen LogP contribution is 2.31. The van der Waals surface area contributed by atoms with Gasteiger partial charge < -0.3 is 20.0 Å². The van der Waals surface area contributed by atoms with E-state index in [9.17, 15) is 14.7 Å². The van der Waals surface area contributed by atoms with Gasteiger partial charge in [-0.1, -0.05) is 66.7 Å². The number of pyridine rings is 1. The van der Waals surface area contributed by atoms with Crippen molar-refractivity contribution in [3.63, 3.8) is 0 Å². The van der Waals surface area contributed by atoms with E-state index >= 15 is 0 Å². The highest BCUT2D eigenvalue weighted by molar-refractivity contribution is 5.97. The lowest BCUT2D eigenvalue weighted by atomic mass is 9.96. The fraction of sp³-hybridized carbons (Fsp3) is 0.179. The molecule has 0 aliphatic carbocycles. The molecule has 0 fully saturated rings. The summed E-state index contributed by atoms with van der Waals surface area (Å²) in [6.07, 6.45) is 1.33. The van der Waals surface area contributed by atoms with Crippen molar-refractivity contribution in [2.45, 2.75) is 19.0 Å². The number of aromatic nitrogens is 1. The number of hydroxylamine groups is 2. The topological polar surface area (TPSA) is 101 Å². The number of rotatable bonds is 8. The van der Waals surface area contributed by atoms with Gasteiger partial charge in [-0.25, -0.2) is 9.78 Å². The van der Waals surface area contributed by atoms with Gasteiger partial charge in [-0.2, -0.15) is 0 Å². The van der Waals surface area contributed by atoms with E-state index in [1.165, 1.54) is 31.4 Å². The zero-order chi connectivity index (χ0) is 25.7. The van der Waals surface area contributed by atoms with Crippen molar-refractivity contribution >= 4 is 22.6 Å². The average molecular weight is 486 g/mol. The Balaban J connectivity index is 1.53. The normalized spacial score (nSPS) is 12.7. The van der Waals surface area contributed by atoms with Crippen molar-refractivity contribution in [1.82, 2.24) is 15.4 Å². The summed E-state index contributed by atoms with van der Waals surface area (Å²) in [5, 5.41) is 16.4. The minimum atomic E-state index is -1.01. The molecule has 4 rings (SSSR count). The summed E-state index contributed by atoms with van der Waals surface area (Å²) in [7, 11) is 3.04. The van der Waals surface area contributed by atoms with Crippen LogP contribution in [0.3, 0.4) is 0 Å². The van der Waals surface area contributed by atoms with Crippen LogP contribution in [0.25, 0.3) is 10.8 Å². The molecular weight excluding hydrogens is 458 g/mol. The van der Waals surface area contributed by atoms with Crippen LogP contribution >= 0.6 is 0 Å². The number of carbonyl (C=O) groups excluding carboxylic acids is 2. The van der Waals surface area contributed by atoms with E-state index in [-0.39, 0.29) is 17.5 Å². The quantitative estimate of drug-likeness (QED) is 0.360. The molecule has 36 heavy (non-hydrogen) atoms. The van der Waals surface area contributed by atoms with E-state index in [1.54, 1.807) is 7.05 Å². The summed E-state index contributed by atoms with van der Waals surface area (Å²) in [6, 6.07) is 23.9. The zero-order valence-corrected chi connectivity index (χ0v) is 20.2. The third kappa shape index (κ3) is 5.29. The van der Waals surface area contributed by atoms with Crippen LogP contribution in [0.1, 0.15) is 34.6 Å². The van der Waals surface area contributed by atoms with Crippen molar-refractivity contribution in [3.8, 4) is 11.5 Å². The first-order chi connectivity index (χ1) is 17.4. The smallest absolute Gasteiger partial charge is 0.347 e. The van der Waals surface area contributed by atoms with Crippen LogP contribution in [0.4, 0.5) is 0 Å². The summed E-state index contributed by atoms with van der Waals surface area (Å²) in [6.45, 7) is 1.50. The minimum Gasteiger partial charge on any atom is -0.503 e. The standard InChI is InChI=1S/C28H27N3O5/c1-18(30-27(33)24-26(32)23(35-3)15-16-29-24)28(34)36-31(2)25(20-10-5-4-6-11-20)22-14-13-19-9-7-8-12-21(19)17-22/h4-18,25,32H,1-3H3,(H,30,33)/t18-,25?/m0/s1. The van der Waals surface area contributed by atoms with E-state index in [0.717, 1.165) is 21.9 Å². The SMILES string of the molecule is COc1ccnc(C(=O)N[C@@H](C)C(=O)ON(C)C(c2ccccc2)c2ccc3ccccc3c2)c1O. The van der Waals surface area contributed by atoms with Gasteiger partial charge in [-0.05, 0) is 34.9 Å².